The van der Waals surface area contributed by atoms with Crippen LogP contribution in [-0.2, 0) is 19.4 Å². The lowest BCUT2D eigenvalue weighted by Gasteiger charge is -2.07. The molecule has 1 N–H and O–H groups in total. The predicted molar refractivity (Wildman–Crippen MR) is 85.6 cm³/mol. The number of aryl methyl sites for hydroxylation is 2. The van der Waals surface area contributed by atoms with Crippen molar-refractivity contribution in [3.63, 3.8) is 0 Å². The maximum absolute atomic E-state index is 12.2. The van der Waals surface area contributed by atoms with Gasteiger partial charge in [-0.2, -0.15) is 0 Å². The topological polar surface area (TPSA) is 42.0 Å². The van der Waals surface area contributed by atoms with Crippen molar-refractivity contribution in [2.75, 3.05) is 0 Å². The number of hydrogen-bond acceptors (Lipinski definition) is 2. The fourth-order valence-electron chi connectivity index (χ4n) is 2.04. The monoisotopic (exact) mass is 302 g/mol. The van der Waals surface area contributed by atoms with Crippen LogP contribution in [0.2, 0.25) is 5.15 Å². The number of aromatic nitrogens is 1. The molecule has 0 bridgehead atoms. The van der Waals surface area contributed by atoms with Crippen molar-refractivity contribution in [2.24, 2.45) is 0 Å². The van der Waals surface area contributed by atoms with Crippen LogP contribution in [0.5, 0.6) is 0 Å². The lowest BCUT2D eigenvalue weighted by atomic mass is 10.1. The van der Waals surface area contributed by atoms with Gasteiger partial charge in [-0.15, -0.1) is 0 Å². The normalized spacial score (nSPS) is 10.4. The number of halogens is 1. The fourth-order valence-corrected chi connectivity index (χ4v) is 2.27. The van der Waals surface area contributed by atoms with Crippen molar-refractivity contribution in [1.29, 1.82) is 0 Å². The molecular formula is C17H19ClN2O. The highest BCUT2D eigenvalue weighted by Gasteiger charge is 2.08. The Morgan fingerprint density at radius 1 is 1.10 bits per heavy atom. The van der Waals surface area contributed by atoms with Crippen molar-refractivity contribution in [1.82, 2.24) is 10.3 Å². The Kier molecular flexibility index (Phi) is 5.34. The molecule has 4 heteroatoms. The zero-order valence-electron chi connectivity index (χ0n) is 12.3. The van der Waals surface area contributed by atoms with Crippen molar-refractivity contribution >= 4 is 17.5 Å². The van der Waals surface area contributed by atoms with Gasteiger partial charge in [0.15, 0.2) is 0 Å². The zero-order valence-corrected chi connectivity index (χ0v) is 13.1. The first kappa shape index (κ1) is 15.5. The van der Waals surface area contributed by atoms with Crippen LogP contribution in [0.3, 0.4) is 0 Å². The highest BCUT2D eigenvalue weighted by molar-refractivity contribution is 6.29. The molecule has 0 saturated carbocycles. The van der Waals surface area contributed by atoms with E-state index >= 15 is 0 Å². The van der Waals surface area contributed by atoms with Gasteiger partial charge < -0.3 is 5.32 Å². The van der Waals surface area contributed by atoms with E-state index in [0.717, 1.165) is 24.1 Å². The summed E-state index contributed by atoms with van der Waals surface area (Å²) >= 11 is 5.93. The van der Waals surface area contributed by atoms with Crippen LogP contribution in [0, 0.1) is 0 Å². The van der Waals surface area contributed by atoms with Crippen LogP contribution in [-0.4, -0.2) is 10.9 Å². The van der Waals surface area contributed by atoms with Gasteiger partial charge in [-0.1, -0.05) is 49.7 Å². The summed E-state index contributed by atoms with van der Waals surface area (Å²) in [7, 11) is 0. The molecule has 0 aliphatic heterocycles. The number of benzene rings is 1. The van der Waals surface area contributed by atoms with Gasteiger partial charge in [-0.25, -0.2) is 4.98 Å². The summed E-state index contributed by atoms with van der Waals surface area (Å²) in [4.78, 5) is 16.3. The Bertz CT molecular complexity index is 623. The Labute approximate surface area is 130 Å². The van der Waals surface area contributed by atoms with Crippen molar-refractivity contribution in [3.8, 4) is 0 Å². The number of carbonyl (C=O) groups is 1. The first-order chi connectivity index (χ1) is 10.1. The first-order valence-corrected chi connectivity index (χ1v) is 7.52. The molecule has 1 aromatic heterocycles. The Morgan fingerprint density at radius 2 is 1.76 bits per heavy atom. The second kappa shape index (κ2) is 7.23. The molecule has 1 amide bonds. The summed E-state index contributed by atoms with van der Waals surface area (Å²) in [6.45, 7) is 4.61. The lowest BCUT2D eigenvalue weighted by Crippen LogP contribution is -2.23. The summed E-state index contributed by atoms with van der Waals surface area (Å²) in [6, 6.07) is 11.6. The van der Waals surface area contributed by atoms with Crippen LogP contribution in [0.25, 0.3) is 0 Å². The summed E-state index contributed by atoms with van der Waals surface area (Å²) in [5.74, 6) is -0.131. The maximum atomic E-state index is 12.2. The molecule has 110 valence electrons. The summed E-state index contributed by atoms with van der Waals surface area (Å²) in [5, 5.41) is 3.26. The maximum Gasteiger partial charge on any atom is 0.251 e. The van der Waals surface area contributed by atoms with Crippen LogP contribution in [0.15, 0.2) is 36.4 Å². The van der Waals surface area contributed by atoms with Crippen molar-refractivity contribution in [2.45, 2.75) is 33.2 Å². The molecule has 0 aliphatic rings. The van der Waals surface area contributed by atoms with Crippen LogP contribution >= 0.6 is 11.6 Å². The summed E-state index contributed by atoms with van der Waals surface area (Å²) < 4.78 is 0. The molecule has 0 aliphatic carbocycles. The SMILES string of the molecule is CCc1ccc(CNC(=O)c2cc(Cl)nc(CC)c2)cc1. The molecule has 2 rings (SSSR count). The zero-order chi connectivity index (χ0) is 15.2. The van der Waals surface area contributed by atoms with E-state index in [9.17, 15) is 4.79 Å². The minimum Gasteiger partial charge on any atom is -0.348 e. The van der Waals surface area contributed by atoms with E-state index in [4.69, 9.17) is 11.6 Å². The van der Waals surface area contributed by atoms with Gasteiger partial charge in [0.05, 0.1) is 0 Å². The van der Waals surface area contributed by atoms with E-state index in [-0.39, 0.29) is 5.91 Å². The van der Waals surface area contributed by atoms with Gasteiger partial charge >= 0.3 is 0 Å². The summed E-state index contributed by atoms with van der Waals surface area (Å²) in [6.07, 6.45) is 1.77. The summed E-state index contributed by atoms with van der Waals surface area (Å²) in [5.41, 5.74) is 3.74. The molecule has 0 fully saturated rings. The van der Waals surface area contributed by atoms with Crippen LogP contribution in [0.1, 0.15) is 41.0 Å². The number of pyridine rings is 1. The third kappa shape index (κ3) is 4.30. The number of nitrogens with one attached hydrogen (secondary N) is 1. The standard InChI is InChI=1S/C17H19ClN2O/c1-3-12-5-7-13(8-6-12)11-19-17(21)14-9-15(4-2)20-16(18)10-14/h5-10H,3-4,11H2,1-2H3,(H,19,21). The van der Waals surface area contributed by atoms with Gasteiger partial charge in [0.1, 0.15) is 5.15 Å². The number of nitrogens with zero attached hydrogens (tertiary/aromatic N) is 1. The van der Waals surface area contributed by atoms with Gasteiger partial charge in [-0.3, -0.25) is 4.79 Å². The number of carbonyl (C=O) groups excluding carboxylic acids is 1. The van der Waals surface area contributed by atoms with E-state index in [1.807, 2.05) is 19.1 Å². The van der Waals surface area contributed by atoms with Gasteiger partial charge in [-0.05, 0) is 36.1 Å². The molecular weight excluding hydrogens is 284 g/mol. The average molecular weight is 303 g/mol. The third-order valence-corrected chi connectivity index (χ3v) is 3.55. The molecule has 3 nitrogen and oxygen atoms in total. The number of rotatable bonds is 5. The van der Waals surface area contributed by atoms with Crippen molar-refractivity contribution < 1.29 is 4.79 Å². The largest absolute Gasteiger partial charge is 0.348 e. The van der Waals surface area contributed by atoms with E-state index in [0.29, 0.717) is 17.3 Å². The Morgan fingerprint density at radius 3 is 2.38 bits per heavy atom. The molecule has 1 heterocycles. The van der Waals surface area contributed by atoms with E-state index in [2.05, 4.69) is 29.4 Å². The molecule has 2 aromatic rings. The van der Waals surface area contributed by atoms with Crippen LogP contribution in [0.4, 0.5) is 0 Å². The smallest absolute Gasteiger partial charge is 0.251 e. The quantitative estimate of drug-likeness (QED) is 0.854. The molecule has 0 spiro atoms. The Hall–Kier alpha value is -1.87. The van der Waals surface area contributed by atoms with Crippen molar-refractivity contribution in [3.05, 3.63) is 63.9 Å². The van der Waals surface area contributed by atoms with Gasteiger partial charge in [0.25, 0.3) is 5.91 Å². The first-order valence-electron chi connectivity index (χ1n) is 7.14. The molecule has 21 heavy (non-hydrogen) atoms. The molecule has 0 radical (unpaired) electrons. The second-order valence-corrected chi connectivity index (χ2v) is 5.26. The highest BCUT2D eigenvalue weighted by Crippen LogP contribution is 2.12. The molecule has 0 unspecified atom stereocenters. The average Bonchev–Trinajstić information content (AvgIpc) is 2.52. The molecule has 0 atom stereocenters. The molecule has 1 aromatic carbocycles. The molecule has 0 saturated heterocycles. The minimum absolute atomic E-state index is 0.131. The predicted octanol–water partition coefficient (Wildman–Crippen LogP) is 3.79. The number of amides is 1. The van der Waals surface area contributed by atoms with Crippen LogP contribution < -0.4 is 5.32 Å². The van der Waals surface area contributed by atoms with E-state index in [1.165, 1.54) is 5.56 Å². The van der Waals surface area contributed by atoms with Gasteiger partial charge in [0.2, 0.25) is 0 Å². The fraction of sp³-hybridized carbons (Fsp3) is 0.294. The number of hydrogen-bond donors (Lipinski definition) is 1. The van der Waals surface area contributed by atoms with Gasteiger partial charge in [0, 0.05) is 17.8 Å². The van der Waals surface area contributed by atoms with E-state index in [1.54, 1.807) is 12.1 Å². The Balaban J connectivity index is 2.02. The third-order valence-electron chi connectivity index (χ3n) is 3.36. The minimum atomic E-state index is -0.131. The van der Waals surface area contributed by atoms with E-state index < -0.39 is 0 Å². The lowest BCUT2D eigenvalue weighted by molar-refractivity contribution is 0.0950. The highest BCUT2D eigenvalue weighted by atomic mass is 35.5. The second-order valence-electron chi connectivity index (χ2n) is 4.88.